The van der Waals surface area contributed by atoms with Gasteiger partial charge >= 0.3 is 0 Å². The molecule has 6 heteroatoms. The van der Waals surface area contributed by atoms with Gasteiger partial charge in [0.1, 0.15) is 0 Å². The van der Waals surface area contributed by atoms with Crippen LogP contribution in [0.3, 0.4) is 0 Å². The maximum atomic E-state index is 12.6. The quantitative estimate of drug-likeness (QED) is 0.932. The summed E-state index contributed by atoms with van der Waals surface area (Å²) in [5.74, 6) is 0.994. The summed E-state index contributed by atoms with van der Waals surface area (Å²) < 4.78 is 35.8. The lowest BCUT2D eigenvalue weighted by Gasteiger charge is -2.20. The van der Waals surface area contributed by atoms with E-state index in [2.05, 4.69) is 5.32 Å². The van der Waals surface area contributed by atoms with Crippen LogP contribution in [0.5, 0.6) is 11.5 Å². The first-order valence-electron chi connectivity index (χ1n) is 7.34. The minimum Gasteiger partial charge on any atom is -0.493 e. The van der Waals surface area contributed by atoms with Gasteiger partial charge < -0.3 is 14.8 Å². The lowest BCUT2D eigenvalue weighted by Crippen LogP contribution is -2.23. The van der Waals surface area contributed by atoms with Crippen LogP contribution >= 0.6 is 0 Å². The minimum atomic E-state index is -3.38. The first-order chi connectivity index (χ1) is 11.1. The number of benzene rings is 2. The number of hydrogen-bond donors (Lipinski definition) is 1. The van der Waals surface area contributed by atoms with Gasteiger partial charge in [-0.3, -0.25) is 0 Å². The summed E-state index contributed by atoms with van der Waals surface area (Å²) in [5.41, 5.74) is 1.70. The van der Waals surface area contributed by atoms with Gasteiger partial charge in [0.25, 0.3) is 0 Å². The fourth-order valence-electron chi connectivity index (χ4n) is 2.87. The molecule has 0 radical (unpaired) electrons. The molecule has 3 rings (SSSR count). The third-order valence-electron chi connectivity index (χ3n) is 4.01. The van der Waals surface area contributed by atoms with Crippen molar-refractivity contribution < 1.29 is 17.9 Å². The van der Waals surface area contributed by atoms with Gasteiger partial charge in [-0.2, -0.15) is 0 Å². The molecule has 122 valence electrons. The van der Waals surface area contributed by atoms with Crippen molar-refractivity contribution in [3.05, 3.63) is 53.6 Å². The summed E-state index contributed by atoms with van der Waals surface area (Å²) in [6.45, 7) is 0.390. The van der Waals surface area contributed by atoms with Crippen LogP contribution in [0, 0.1) is 0 Å². The molecular weight excluding hydrogens is 314 g/mol. The SMILES string of the molecule is COc1cc2c(cc1OC)S(=O)(=O)CCNC2c1ccccc1. The van der Waals surface area contributed by atoms with E-state index >= 15 is 0 Å². The van der Waals surface area contributed by atoms with Gasteiger partial charge in [0.2, 0.25) is 0 Å². The third-order valence-corrected chi connectivity index (χ3v) is 5.78. The standard InChI is InChI=1S/C17H19NO4S/c1-21-14-10-13-16(11-15(14)22-2)23(19,20)9-8-18-17(13)12-6-4-3-5-7-12/h3-7,10-11,17-18H,8-9H2,1-2H3. The summed E-state index contributed by atoms with van der Waals surface area (Å²) in [4.78, 5) is 0.300. The van der Waals surface area contributed by atoms with E-state index < -0.39 is 9.84 Å². The van der Waals surface area contributed by atoms with Gasteiger partial charge in [-0.15, -0.1) is 0 Å². The summed E-state index contributed by atoms with van der Waals surface area (Å²) in [6, 6.07) is 12.9. The molecule has 0 spiro atoms. The maximum absolute atomic E-state index is 12.6. The number of ether oxygens (including phenoxy) is 2. The average molecular weight is 333 g/mol. The van der Waals surface area contributed by atoms with E-state index in [9.17, 15) is 8.42 Å². The van der Waals surface area contributed by atoms with Gasteiger partial charge in [0.15, 0.2) is 21.3 Å². The van der Waals surface area contributed by atoms with Crippen molar-refractivity contribution in [2.45, 2.75) is 10.9 Å². The Bertz CT molecular complexity index is 803. The Morgan fingerprint density at radius 1 is 1.04 bits per heavy atom. The fourth-order valence-corrected chi connectivity index (χ4v) is 4.30. The zero-order valence-corrected chi connectivity index (χ0v) is 13.9. The van der Waals surface area contributed by atoms with Gasteiger partial charge in [-0.1, -0.05) is 30.3 Å². The smallest absolute Gasteiger partial charge is 0.180 e. The van der Waals surface area contributed by atoms with Crippen LogP contribution in [-0.4, -0.2) is 34.9 Å². The Hall–Kier alpha value is -2.05. The number of rotatable bonds is 3. The molecule has 1 unspecified atom stereocenters. The Morgan fingerprint density at radius 2 is 1.70 bits per heavy atom. The summed E-state index contributed by atoms with van der Waals surface area (Å²) >= 11 is 0. The molecule has 0 fully saturated rings. The largest absolute Gasteiger partial charge is 0.493 e. The predicted molar refractivity (Wildman–Crippen MR) is 87.9 cm³/mol. The van der Waals surface area contributed by atoms with E-state index in [1.54, 1.807) is 19.2 Å². The Morgan fingerprint density at radius 3 is 2.35 bits per heavy atom. The zero-order valence-electron chi connectivity index (χ0n) is 13.1. The van der Waals surface area contributed by atoms with Crippen LogP contribution in [-0.2, 0) is 9.84 Å². The molecule has 1 atom stereocenters. The van der Waals surface area contributed by atoms with Crippen molar-refractivity contribution in [2.75, 3.05) is 26.5 Å². The highest BCUT2D eigenvalue weighted by Crippen LogP contribution is 2.38. The summed E-state index contributed by atoms with van der Waals surface area (Å²) in [6.07, 6.45) is 0. The van der Waals surface area contributed by atoms with Crippen molar-refractivity contribution in [1.29, 1.82) is 0 Å². The topological polar surface area (TPSA) is 64.6 Å². The molecule has 2 aromatic rings. The van der Waals surface area contributed by atoms with Crippen molar-refractivity contribution >= 4 is 9.84 Å². The van der Waals surface area contributed by atoms with Gasteiger partial charge in [0, 0.05) is 12.6 Å². The normalized spacial score (nSPS) is 19.5. The molecule has 0 bridgehead atoms. The maximum Gasteiger partial charge on any atom is 0.180 e. The number of hydrogen-bond acceptors (Lipinski definition) is 5. The summed E-state index contributed by atoms with van der Waals surface area (Å²) in [5, 5.41) is 3.32. The van der Waals surface area contributed by atoms with Gasteiger partial charge in [-0.25, -0.2) is 8.42 Å². The predicted octanol–water partition coefficient (Wildman–Crippen LogP) is 2.17. The van der Waals surface area contributed by atoms with E-state index in [0.717, 1.165) is 5.56 Å². The number of methoxy groups -OCH3 is 2. The van der Waals surface area contributed by atoms with Crippen LogP contribution in [0.4, 0.5) is 0 Å². The van der Waals surface area contributed by atoms with E-state index in [-0.39, 0.29) is 11.8 Å². The molecule has 0 amide bonds. The molecular formula is C17H19NO4S. The number of fused-ring (bicyclic) bond motifs is 1. The molecule has 5 nitrogen and oxygen atoms in total. The third kappa shape index (κ3) is 2.92. The number of nitrogens with one attached hydrogen (secondary N) is 1. The molecule has 0 saturated heterocycles. The van der Waals surface area contributed by atoms with Gasteiger partial charge in [0.05, 0.1) is 30.9 Å². The Labute approximate surface area is 136 Å². The zero-order chi connectivity index (χ0) is 16.4. The Balaban J connectivity index is 2.25. The fraction of sp³-hybridized carbons (Fsp3) is 0.294. The van der Waals surface area contributed by atoms with Crippen LogP contribution in [0.15, 0.2) is 47.4 Å². The Kier molecular flexibility index (Phi) is 4.28. The van der Waals surface area contributed by atoms with Crippen LogP contribution < -0.4 is 14.8 Å². The summed E-state index contributed by atoms with van der Waals surface area (Å²) in [7, 11) is -0.333. The molecule has 1 aliphatic rings. The molecule has 0 saturated carbocycles. The van der Waals surface area contributed by atoms with Crippen molar-refractivity contribution in [3.8, 4) is 11.5 Å². The molecule has 2 aromatic carbocycles. The molecule has 1 heterocycles. The highest BCUT2D eigenvalue weighted by Gasteiger charge is 2.30. The monoisotopic (exact) mass is 333 g/mol. The average Bonchev–Trinajstić information content (AvgIpc) is 2.70. The van der Waals surface area contributed by atoms with E-state index in [1.807, 2.05) is 30.3 Å². The highest BCUT2D eigenvalue weighted by molar-refractivity contribution is 7.91. The molecule has 0 aliphatic carbocycles. The lowest BCUT2D eigenvalue weighted by molar-refractivity contribution is 0.353. The lowest BCUT2D eigenvalue weighted by atomic mass is 9.98. The van der Waals surface area contributed by atoms with E-state index in [0.29, 0.717) is 28.5 Å². The molecule has 23 heavy (non-hydrogen) atoms. The van der Waals surface area contributed by atoms with Crippen molar-refractivity contribution in [2.24, 2.45) is 0 Å². The first-order valence-corrected chi connectivity index (χ1v) is 8.99. The van der Waals surface area contributed by atoms with E-state index in [4.69, 9.17) is 9.47 Å². The van der Waals surface area contributed by atoms with E-state index in [1.165, 1.54) is 7.11 Å². The van der Waals surface area contributed by atoms with Crippen molar-refractivity contribution in [3.63, 3.8) is 0 Å². The highest BCUT2D eigenvalue weighted by atomic mass is 32.2. The van der Waals surface area contributed by atoms with Crippen LogP contribution in [0.25, 0.3) is 0 Å². The minimum absolute atomic E-state index is 0.0544. The van der Waals surface area contributed by atoms with Gasteiger partial charge in [-0.05, 0) is 17.2 Å². The van der Waals surface area contributed by atoms with Crippen LogP contribution in [0.1, 0.15) is 17.2 Å². The van der Waals surface area contributed by atoms with Crippen molar-refractivity contribution in [1.82, 2.24) is 5.32 Å². The molecule has 1 N–H and O–H groups in total. The molecule has 1 aliphatic heterocycles. The second-order valence-corrected chi connectivity index (χ2v) is 7.44. The van der Waals surface area contributed by atoms with Crippen LogP contribution in [0.2, 0.25) is 0 Å². The first kappa shape index (κ1) is 15.8. The second-order valence-electron chi connectivity index (χ2n) is 5.36. The number of sulfone groups is 1. The second kappa shape index (κ2) is 6.22. The molecule has 0 aromatic heterocycles.